The third kappa shape index (κ3) is 1.90. The monoisotopic (exact) mass is 183 g/mol. The molecule has 1 saturated heterocycles. The second-order valence-electron chi connectivity index (χ2n) is 4.19. The van der Waals surface area contributed by atoms with Crippen LogP contribution in [0, 0.1) is 0 Å². The molecule has 0 bridgehead atoms. The molecule has 3 nitrogen and oxygen atoms in total. The van der Waals surface area contributed by atoms with E-state index in [1.807, 2.05) is 13.8 Å². The molecule has 1 fully saturated rings. The zero-order chi connectivity index (χ0) is 10.1. The molecular formula is C10H17NO2. The summed E-state index contributed by atoms with van der Waals surface area (Å²) >= 11 is 0. The van der Waals surface area contributed by atoms with E-state index in [0.717, 1.165) is 12.8 Å². The number of hydrogen-bond donors (Lipinski definition) is 0. The lowest BCUT2D eigenvalue weighted by Gasteiger charge is -2.34. The molecule has 1 aliphatic rings. The molecular weight excluding hydrogens is 166 g/mol. The quantitative estimate of drug-likeness (QED) is 0.620. The second kappa shape index (κ2) is 3.48. The summed E-state index contributed by atoms with van der Waals surface area (Å²) in [6.07, 6.45) is 2.38. The van der Waals surface area contributed by atoms with Gasteiger partial charge in [-0.3, -0.25) is 9.59 Å². The minimum Gasteiger partial charge on any atom is -0.331 e. The smallest absolute Gasteiger partial charge is 0.290 e. The number of Topliss-reactive ketones (excluding diaryl/α,β-unsaturated/α-hetero) is 1. The predicted octanol–water partition coefficient (Wildman–Crippen LogP) is 1.37. The Morgan fingerprint density at radius 1 is 1.38 bits per heavy atom. The van der Waals surface area contributed by atoms with Crippen molar-refractivity contribution in [3.05, 3.63) is 0 Å². The van der Waals surface area contributed by atoms with Crippen LogP contribution in [0.4, 0.5) is 0 Å². The van der Waals surface area contributed by atoms with Crippen molar-refractivity contribution in [2.75, 3.05) is 6.54 Å². The van der Waals surface area contributed by atoms with Crippen molar-refractivity contribution in [1.82, 2.24) is 4.90 Å². The van der Waals surface area contributed by atoms with Gasteiger partial charge in [0.05, 0.1) is 0 Å². The maximum Gasteiger partial charge on any atom is 0.290 e. The predicted molar refractivity (Wildman–Crippen MR) is 50.3 cm³/mol. The highest BCUT2D eigenvalue weighted by Crippen LogP contribution is 2.24. The SMILES string of the molecule is CCCC(C)(C)N1CCC(=O)C1=O. The van der Waals surface area contributed by atoms with Gasteiger partial charge in [-0.25, -0.2) is 0 Å². The van der Waals surface area contributed by atoms with Crippen molar-refractivity contribution in [1.29, 1.82) is 0 Å². The van der Waals surface area contributed by atoms with Gasteiger partial charge >= 0.3 is 0 Å². The summed E-state index contributed by atoms with van der Waals surface area (Å²) in [5.74, 6) is -0.525. The fourth-order valence-electron chi connectivity index (χ4n) is 1.90. The van der Waals surface area contributed by atoms with Gasteiger partial charge < -0.3 is 4.90 Å². The van der Waals surface area contributed by atoms with E-state index in [9.17, 15) is 9.59 Å². The number of nitrogens with zero attached hydrogens (tertiary/aromatic N) is 1. The molecule has 1 amide bonds. The van der Waals surface area contributed by atoms with Crippen LogP contribution in [-0.4, -0.2) is 28.7 Å². The third-order valence-electron chi connectivity index (χ3n) is 2.64. The van der Waals surface area contributed by atoms with Gasteiger partial charge in [0, 0.05) is 18.5 Å². The molecule has 1 heterocycles. The molecule has 0 aromatic rings. The van der Waals surface area contributed by atoms with Gasteiger partial charge in [0.1, 0.15) is 0 Å². The Morgan fingerprint density at radius 2 is 2.00 bits per heavy atom. The van der Waals surface area contributed by atoms with Crippen molar-refractivity contribution in [3.63, 3.8) is 0 Å². The second-order valence-corrected chi connectivity index (χ2v) is 4.19. The first-order valence-electron chi connectivity index (χ1n) is 4.84. The number of carbonyl (C=O) groups excluding carboxylic acids is 2. The van der Waals surface area contributed by atoms with Crippen molar-refractivity contribution >= 4 is 11.7 Å². The van der Waals surface area contributed by atoms with Crippen LogP contribution in [0.2, 0.25) is 0 Å². The minimum atomic E-state index is -0.293. The summed E-state index contributed by atoms with van der Waals surface area (Å²) in [6.45, 7) is 6.73. The van der Waals surface area contributed by atoms with Gasteiger partial charge in [-0.1, -0.05) is 13.3 Å². The van der Waals surface area contributed by atoms with Gasteiger partial charge in [-0.05, 0) is 20.3 Å². The Hall–Kier alpha value is -0.860. The van der Waals surface area contributed by atoms with Crippen LogP contribution in [0.1, 0.15) is 40.0 Å². The normalized spacial score (nSPS) is 18.5. The Kier molecular flexibility index (Phi) is 2.74. The summed E-state index contributed by atoms with van der Waals surface area (Å²) in [5, 5.41) is 0. The highest BCUT2D eigenvalue weighted by atomic mass is 16.2. The molecule has 0 N–H and O–H groups in total. The largest absolute Gasteiger partial charge is 0.331 e. The molecule has 0 aliphatic carbocycles. The van der Waals surface area contributed by atoms with E-state index in [1.54, 1.807) is 4.90 Å². The highest BCUT2D eigenvalue weighted by Gasteiger charge is 2.38. The van der Waals surface area contributed by atoms with Crippen LogP contribution in [0.3, 0.4) is 0 Å². The number of likely N-dealkylation sites (tertiary alicyclic amines) is 1. The molecule has 1 aliphatic heterocycles. The molecule has 13 heavy (non-hydrogen) atoms. The molecule has 0 unspecified atom stereocenters. The zero-order valence-electron chi connectivity index (χ0n) is 8.59. The first kappa shape index (κ1) is 10.2. The standard InChI is InChI=1S/C10H17NO2/c1-4-6-10(2,3)11-7-5-8(12)9(11)13/h4-7H2,1-3H3. The van der Waals surface area contributed by atoms with Gasteiger partial charge in [-0.15, -0.1) is 0 Å². The lowest BCUT2D eigenvalue weighted by Crippen LogP contribution is -2.45. The minimum absolute atomic E-state index is 0.155. The maximum absolute atomic E-state index is 11.4. The number of carbonyl (C=O) groups is 2. The average Bonchev–Trinajstić information content (AvgIpc) is 2.33. The van der Waals surface area contributed by atoms with E-state index < -0.39 is 0 Å². The molecule has 1 rings (SSSR count). The van der Waals surface area contributed by atoms with Crippen LogP contribution in [0.15, 0.2) is 0 Å². The highest BCUT2D eigenvalue weighted by molar-refractivity contribution is 6.38. The molecule has 0 radical (unpaired) electrons. The van der Waals surface area contributed by atoms with E-state index in [2.05, 4.69) is 6.92 Å². The summed E-state index contributed by atoms with van der Waals surface area (Å²) in [4.78, 5) is 24.2. The Balaban J connectivity index is 2.72. The summed E-state index contributed by atoms with van der Waals surface area (Å²) in [7, 11) is 0. The van der Waals surface area contributed by atoms with E-state index in [0.29, 0.717) is 13.0 Å². The molecule has 0 aromatic carbocycles. The molecule has 3 heteroatoms. The van der Waals surface area contributed by atoms with Gasteiger partial charge in [0.15, 0.2) is 0 Å². The first-order chi connectivity index (χ1) is 5.99. The van der Waals surface area contributed by atoms with Crippen LogP contribution in [0.25, 0.3) is 0 Å². The summed E-state index contributed by atoms with van der Waals surface area (Å²) in [6, 6.07) is 0. The van der Waals surface area contributed by atoms with Gasteiger partial charge in [0.25, 0.3) is 5.91 Å². The Bertz CT molecular complexity index is 233. The fraction of sp³-hybridized carbons (Fsp3) is 0.800. The van der Waals surface area contributed by atoms with Crippen molar-refractivity contribution < 1.29 is 9.59 Å². The number of amides is 1. The summed E-state index contributed by atoms with van der Waals surface area (Å²) < 4.78 is 0. The van der Waals surface area contributed by atoms with Crippen molar-refractivity contribution in [2.45, 2.75) is 45.6 Å². The van der Waals surface area contributed by atoms with Crippen molar-refractivity contribution in [3.8, 4) is 0 Å². The van der Waals surface area contributed by atoms with Crippen LogP contribution < -0.4 is 0 Å². The van der Waals surface area contributed by atoms with E-state index in [1.165, 1.54) is 0 Å². The van der Waals surface area contributed by atoms with Crippen molar-refractivity contribution in [2.24, 2.45) is 0 Å². The molecule has 74 valence electrons. The first-order valence-corrected chi connectivity index (χ1v) is 4.84. The fourth-order valence-corrected chi connectivity index (χ4v) is 1.90. The Morgan fingerprint density at radius 3 is 2.38 bits per heavy atom. The van der Waals surface area contributed by atoms with E-state index in [4.69, 9.17) is 0 Å². The molecule has 0 aromatic heterocycles. The molecule has 0 atom stereocenters. The topological polar surface area (TPSA) is 37.4 Å². The number of hydrogen-bond acceptors (Lipinski definition) is 2. The number of rotatable bonds is 3. The number of ketones is 1. The van der Waals surface area contributed by atoms with E-state index >= 15 is 0 Å². The van der Waals surface area contributed by atoms with Gasteiger partial charge in [0.2, 0.25) is 5.78 Å². The summed E-state index contributed by atoms with van der Waals surface area (Å²) in [5.41, 5.74) is -0.155. The zero-order valence-corrected chi connectivity index (χ0v) is 8.59. The maximum atomic E-state index is 11.4. The lowest BCUT2D eigenvalue weighted by molar-refractivity contribution is -0.143. The average molecular weight is 183 g/mol. The van der Waals surface area contributed by atoms with Crippen LogP contribution in [0.5, 0.6) is 0 Å². The third-order valence-corrected chi connectivity index (χ3v) is 2.64. The van der Waals surface area contributed by atoms with Gasteiger partial charge in [-0.2, -0.15) is 0 Å². The molecule has 0 saturated carbocycles. The lowest BCUT2D eigenvalue weighted by atomic mass is 9.97. The van der Waals surface area contributed by atoms with Crippen LogP contribution >= 0.6 is 0 Å². The van der Waals surface area contributed by atoms with Crippen LogP contribution in [-0.2, 0) is 9.59 Å². The Labute approximate surface area is 79.1 Å². The van der Waals surface area contributed by atoms with E-state index in [-0.39, 0.29) is 17.2 Å². The molecule has 0 spiro atoms.